The molecule has 1 aliphatic rings. The van der Waals surface area contributed by atoms with Gasteiger partial charge in [0.25, 0.3) is 0 Å². The molecule has 3 rings (SSSR count). The molecule has 1 aromatic carbocycles. The van der Waals surface area contributed by atoms with Crippen LogP contribution >= 0.6 is 0 Å². The lowest BCUT2D eigenvalue weighted by Crippen LogP contribution is -2.34. The lowest BCUT2D eigenvalue weighted by Gasteiger charge is -2.07. The van der Waals surface area contributed by atoms with Gasteiger partial charge in [-0.1, -0.05) is 6.07 Å². The zero-order valence-electron chi connectivity index (χ0n) is 18.1. The van der Waals surface area contributed by atoms with Crippen molar-refractivity contribution in [1.29, 1.82) is 0 Å². The molecule has 32 heavy (non-hydrogen) atoms. The molecule has 2 heterocycles. The molecular formula is C23H23N3O6. The average Bonchev–Trinajstić information content (AvgIpc) is 3.32. The number of benzene rings is 1. The van der Waals surface area contributed by atoms with Crippen molar-refractivity contribution < 1.29 is 28.6 Å². The maximum absolute atomic E-state index is 12.1. The molecule has 9 nitrogen and oxygen atoms in total. The van der Waals surface area contributed by atoms with Gasteiger partial charge in [0.15, 0.2) is 5.76 Å². The summed E-state index contributed by atoms with van der Waals surface area (Å²) in [5.74, 6) is -1.85. The van der Waals surface area contributed by atoms with Crippen LogP contribution in [0.4, 0.5) is 5.69 Å². The Morgan fingerprint density at radius 1 is 1.09 bits per heavy atom. The van der Waals surface area contributed by atoms with Gasteiger partial charge < -0.3 is 24.9 Å². The van der Waals surface area contributed by atoms with Gasteiger partial charge in [0.05, 0.1) is 19.4 Å². The Morgan fingerprint density at radius 3 is 2.53 bits per heavy atom. The minimum atomic E-state index is -0.807. The molecule has 0 fully saturated rings. The summed E-state index contributed by atoms with van der Waals surface area (Å²) in [5, 5.41) is 15.3. The molecule has 0 saturated heterocycles. The number of anilines is 1. The Hall–Kier alpha value is -4.14. The third-order valence-corrected chi connectivity index (χ3v) is 4.87. The smallest absolute Gasteiger partial charge is 0.343 e. The number of hydrogen-bond donors (Lipinski definition) is 3. The number of amides is 2. The number of rotatable bonds is 5. The molecule has 0 radical (unpaired) electrons. The second-order valence-electron chi connectivity index (χ2n) is 7.18. The van der Waals surface area contributed by atoms with Crippen molar-refractivity contribution in [3.8, 4) is 0 Å². The van der Waals surface area contributed by atoms with E-state index in [-0.39, 0.29) is 23.6 Å². The minimum Gasteiger partial charge on any atom is -0.505 e. The summed E-state index contributed by atoms with van der Waals surface area (Å²) in [6.45, 7) is 5.44. The first kappa shape index (κ1) is 22.5. The van der Waals surface area contributed by atoms with E-state index in [1.54, 1.807) is 31.2 Å². The molecule has 0 bridgehead atoms. The Balaban J connectivity index is 1.61. The molecule has 0 unspecified atom stereocenters. The molecule has 0 spiro atoms. The SMILES string of the molecule is COC(=O)C1=C(O)/C(=C\c2ccc(CNC(=O)C(=O)Nc3ccc(C)c(C)c3)o2)N=C1C. The zero-order chi connectivity index (χ0) is 23.4. The standard InChI is InChI=1S/C23H23N3O6/c1-12-5-6-15(9-13(12)2)26-22(29)21(28)24-11-17-8-7-16(32-17)10-18-20(27)19(14(3)25-18)23(30)31-4/h5-10,27H,11H2,1-4H3,(H,24,28)(H,26,29)/b18-10+. The van der Waals surface area contributed by atoms with Gasteiger partial charge in [-0.3, -0.25) is 9.59 Å². The third-order valence-electron chi connectivity index (χ3n) is 4.87. The Morgan fingerprint density at radius 2 is 1.84 bits per heavy atom. The van der Waals surface area contributed by atoms with Crippen LogP contribution in [-0.4, -0.2) is 35.7 Å². The zero-order valence-corrected chi connectivity index (χ0v) is 18.1. The van der Waals surface area contributed by atoms with Crippen molar-refractivity contribution in [1.82, 2.24) is 5.32 Å². The molecule has 1 aliphatic heterocycles. The van der Waals surface area contributed by atoms with Gasteiger partial charge in [-0.15, -0.1) is 0 Å². The molecule has 2 aromatic rings. The molecule has 1 aromatic heterocycles. The number of furan rings is 1. The highest BCUT2D eigenvalue weighted by atomic mass is 16.5. The van der Waals surface area contributed by atoms with Crippen LogP contribution in [0.5, 0.6) is 0 Å². The van der Waals surface area contributed by atoms with Crippen LogP contribution in [0.15, 0.2) is 56.8 Å². The van der Waals surface area contributed by atoms with Crippen molar-refractivity contribution in [3.05, 3.63) is 70.0 Å². The fourth-order valence-electron chi connectivity index (χ4n) is 2.99. The second kappa shape index (κ2) is 9.34. The van der Waals surface area contributed by atoms with Crippen molar-refractivity contribution >= 4 is 35.3 Å². The summed E-state index contributed by atoms with van der Waals surface area (Å²) in [4.78, 5) is 40.1. The second-order valence-corrected chi connectivity index (χ2v) is 7.18. The monoisotopic (exact) mass is 437 g/mol. The number of nitrogens with one attached hydrogen (secondary N) is 2. The van der Waals surface area contributed by atoms with Crippen LogP contribution in [0.1, 0.15) is 29.6 Å². The molecule has 0 atom stereocenters. The normalized spacial score (nSPS) is 14.4. The van der Waals surface area contributed by atoms with E-state index < -0.39 is 17.8 Å². The maximum atomic E-state index is 12.1. The number of methoxy groups -OCH3 is 1. The summed E-state index contributed by atoms with van der Waals surface area (Å²) < 4.78 is 10.2. The topological polar surface area (TPSA) is 130 Å². The lowest BCUT2D eigenvalue weighted by molar-refractivity contribution is -0.136. The van der Waals surface area contributed by atoms with E-state index >= 15 is 0 Å². The van der Waals surface area contributed by atoms with E-state index in [0.29, 0.717) is 22.9 Å². The highest BCUT2D eigenvalue weighted by Gasteiger charge is 2.27. The fourth-order valence-corrected chi connectivity index (χ4v) is 2.99. The van der Waals surface area contributed by atoms with E-state index in [9.17, 15) is 19.5 Å². The number of carbonyl (C=O) groups is 3. The molecular weight excluding hydrogens is 414 g/mol. The Kier molecular flexibility index (Phi) is 6.58. The third kappa shape index (κ3) is 4.94. The molecule has 9 heteroatoms. The molecule has 2 amide bonds. The first-order chi connectivity index (χ1) is 15.2. The average molecular weight is 437 g/mol. The number of aliphatic imine (C=N–C) groups is 1. The number of nitrogens with zero attached hydrogens (tertiary/aromatic N) is 1. The number of ether oxygens (including phenoxy) is 1. The van der Waals surface area contributed by atoms with Gasteiger partial charge >= 0.3 is 17.8 Å². The van der Waals surface area contributed by atoms with Crippen LogP contribution in [0, 0.1) is 13.8 Å². The van der Waals surface area contributed by atoms with E-state index in [1.807, 2.05) is 19.9 Å². The van der Waals surface area contributed by atoms with E-state index in [0.717, 1.165) is 11.1 Å². The van der Waals surface area contributed by atoms with Crippen molar-refractivity contribution in [2.45, 2.75) is 27.3 Å². The van der Waals surface area contributed by atoms with Crippen molar-refractivity contribution in [2.75, 3.05) is 12.4 Å². The van der Waals surface area contributed by atoms with E-state index in [2.05, 4.69) is 20.4 Å². The quantitative estimate of drug-likeness (QED) is 0.487. The maximum Gasteiger partial charge on any atom is 0.343 e. The van der Waals surface area contributed by atoms with Gasteiger partial charge in [-0.2, -0.15) is 0 Å². The fraction of sp³-hybridized carbons (Fsp3) is 0.217. The first-order valence-electron chi connectivity index (χ1n) is 9.74. The predicted molar refractivity (Wildman–Crippen MR) is 118 cm³/mol. The van der Waals surface area contributed by atoms with Crippen molar-refractivity contribution in [2.24, 2.45) is 4.99 Å². The lowest BCUT2D eigenvalue weighted by atomic mass is 10.1. The molecule has 3 N–H and O–H groups in total. The van der Waals surface area contributed by atoms with Crippen LogP contribution in [-0.2, 0) is 25.7 Å². The molecule has 166 valence electrons. The number of esters is 1. The summed E-state index contributed by atoms with van der Waals surface area (Å²) in [6, 6.07) is 8.59. The number of aliphatic hydroxyl groups is 1. The minimum absolute atomic E-state index is 0.00687. The van der Waals surface area contributed by atoms with Gasteiger partial charge in [-0.05, 0) is 56.2 Å². The number of aliphatic hydroxyl groups excluding tert-OH is 1. The number of carbonyl (C=O) groups excluding carboxylic acids is 3. The van der Waals surface area contributed by atoms with Crippen LogP contribution in [0.25, 0.3) is 6.08 Å². The van der Waals surface area contributed by atoms with Gasteiger partial charge in [0, 0.05) is 11.8 Å². The van der Waals surface area contributed by atoms with Gasteiger partial charge in [0.1, 0.15) is 22.8 Å². The summed E-state index contributed by atoms with van der Waals surface area (Å²) in [6.07, 6.45) is 1.45. The van der Waals surface area contributed by atoms with Crippen molar-refractivity contribution in [3.63, 3.8) is 0 Å². The summed E-state index contributed by atoms with van der Waals surface area (Å²) in [7, 11) is 1.22. The first-order valence-corrected chi connectivity index (χ1v) is 9.74. The molecule has 0 aliphatic carbocycles. The number of hydrogen-bond acceptors (Lipinski definition) is 7. The number of aryl methyl sites for hydroxylation is 2. The van der Waals surface area contributed by atoms with E-state index in [4.69, 9.17) is 4.42 Å². The summed E-state index contributed by atoms with van der Waals surface area (Å²) >= 11 is 0. The van der Waals surface area contributed by atoms with Gasteiger partial charge in [-0.25, -0.2) is 9.79 Å². The summed E-state index contributed by atoms with van der Waals surface area (Å²) in [5.41, 5.74) is 3.09. The van der Waals surface area contributed by atoms with Gasteiger partial charge in [0.2, 0.25) is 0 Å². The molecule has 0 saturated carbocycles. The van der Waals surface area contributed by atoms with Crippen LogP contribution in [0.3, 0.4) is 0 Å². The Labute approximate surface area is 184 Å². The highest BCUT2D eigenvalue weighted by Crippen LogP contribution is 2.26. The largest absolute Gasteiger partial charge is 0.505 e. The van der Waals surface area contributed by atoms with E-state index in [1.165, 1.54) is 13.2 Å². The predicted octanol–water partition coefficient (Wildman–Crippen LogP) is 2.95. The highest BCUT2D eigenvalue weighted by molar-refractivity contribution is 6.39. The van der Waals surface area contributed by atoms with Crippen LogP contribution < -0.4 is 10.6 Å². The Bertz CT molecular complexity index is 1190. The van der Waals surface area contributed by atoms with Crippen LogP contribution in [0.2, 0.25) is 0 Å².